The average Bonchev–Trinajstić information content (AvgIpc) is 2.71. The van der Waals surface area contributed by atoms with Gasteiger partial charge in [0.2, 0.25) is 5.91 Å². The maximum atomic E-state index is 12.8. The molecule has 1 N–H and O–H groups in total. The summed E-state index contributed by atoms with van der Waals surface area (Å²) < 4.78 is 1.92. The van der Waals surface area contributed by atoms with Crippen molar-refractivity contribution in [3.05, 3.63) is 94.1 Å². The summed E-state index contributed by atoms with van der Waals surface area (Å²) in [4.78, 5) is 25.6. The van der Waals surface area contributed by atoms with Gasteiger partial charge in [-0.15, -0.1) is 0 Å². The van der Waals surface area contributed by atoms with Gasteiger partial charge in [0, 0.05) is 10.8 Å². The van der Waals surface area contributed by atoms with Crippen LogP contribution in [0.5, 0.6) is 0 Å². The molecule has 0 saturated carbocycles. The molecule has 1 unspecified atom stereocenters. The maximum Gasteiger partial charge on any atom is 0.240 e. The molecule has 4 nitrogen and oxygen atoms in total. The zero-order chi connectivity index (χ0) is 19.7. The number of nitrogens with one attached hydrogen (secondary N) is 1. The number of pyridine rings is 1. The number of para-hydroxylation sites is 2. The predicted octanol–water partition coefficient (Wildman–Crippen LogP) is 4.34. The first-order valence-corrected chi connectivity index (χ1v) is 9.41. The van der Waals surface area contributed by atoms with Crippen LogP contribution in [-0.2, 0) is 11.3 Å². The molecule has 28 heavy (non-hydrogen) atoms. The third-order valence-electron chi connectivity index (χ3n) is 5.14. The highest BCUT2D eigenvalue weighted by Gasteiger charge is 2.14. The number of carbonyl (C=O) groups is 1. The predicted molar refractivity (Wildman–Crippen MR) is 113 cm³/mol. The van der Waals surface area contributed by atoms with Crippen molar-refractivity contribution in [1.29, 1.82) is 0 Å². The minimum atomic E-state index is -0.0926. The second-order valence-electron chi connectivity index (χ2n) is 7.15. The Balaban J connectivity index is 1.70. The molecule has 0 bridgehead atoms. The first-order chi connectivity index (χ1) is 13.5. The molecule has 0 aliphatic rings. The Labute approximate surface area is 163 Å². The van der Waals surface area contributed by atoms with E-state index in [2.05, 4.69) is 5.32 Å². The van der Waals surface area contributed by atoms with E-state index in [9.17, 15) is 9.59 Å². The van der Waals surface area contributed by atoms with E-state index in [1.807, 2.05) is 91.2 Å². The van der Waals surface area contributed by atoms with Crippen LogP contribution in [0.15, 0.2) is 77.6 Å². The maximum absolute atomic E-state index is 12.8. The Kier molecular flexibility index (Phi) is 4.70. The lowest BCUT2D eigenvalue weighted by Gasteiger charge is -2.18. The first kappa shape index (κ1) is 18.0. The lowest BCUT2D eigenvalue weighted by atomic mass is 10.1. The van der Waals surface area contributed by atoms with Crippen LogP contribution in [-0.4, -0.2) is 10.5 Å². The van der Waals surface area contributed by atoms with Gasteiger partial charge in [0.1, 0.15) is 6.54 Å². The first-order valence-electron chi connectivity index (χ1n) is 9.41. The third-order valence-corrected chi connectivity index (χ3v) is 5.14. The molecule has 0 aliphatic heterocycles. The zero-order valence-electron chi connectivity index (χ0n) is 16.0. The molecule has 140 valence electrons. The number of aromatic nitrogens is 1. The lowest BCUT2D eigenvalue weighted by Crippen LogP contribution is -2.30. The second kappa shape index (κ2) is 7.31. The molecule has 1 heterocycles. The van der Waals surface area contributed by atoms with Crippen molar-refractivity contribution in [2.75, 3.05) is 0 Å². The highest BCUT2D eigenvalue weighted by molar-refractivity contribution is 5.94. The highest BCUT2D eigenvalue weighted by atomic mass is 16.2. The fourth-order valence-electron chi connectivity index (χ4n) is 3.62. The Bertz CT molecular complexity index is 1160. The van der Waals surface area contributed by atoms with Gasteiger partial charge in [-0.3, -0.25) is 9.59 Å². The largest absolute Gasteiger partial charge is 0.348 e. The third kappa shape index (κ3) is 3.29. The van der Waals surface area contributed by atoms with Crippen LogP contribution in [0.1, 0.15) is 24.1 Å². The van der Waals surface area contributed by atoms with E-state index in [0.717, 1.165) is 16.6 Å². The number of amides is 1. The van der Waals surface area contributed by atoms with Gasteiger partial charge in [-0.1, -0.05) is 54.1 Å². The number of rotatable bonds is 4. The van der Waals surface area contributed by atoms with E-state index in [1.54, 1.807) is 0 Å². The quantitative estimate of drug-likeness (QED) is 0.543. The molecule has 0 aliphatic carbocycles. The molecular weight excluding hydrogens is 348 g/mol. The summed E-state index contributed by atoms with van der Waals surface area (Å²) in [5, 5.41) is 4.32. The van der Waals surface area contributed by atoms with E-state index in [4.69, 9.17) is 0 Å². The van der Waals surface area contributed by atoms with Crippen LogP contribution in [0, 0.1) is 6.92 Å². The molecule has 1 aromatic heterocycles. The summed E-state index contributed by atoms with van der Waals surface area (Å²) in [7, 11) is 0. The number of benzene rings is 3. The molecule has 1 atom stereocenters. The van der Waals surface area contributed by atoms with Gasteiger partial charge in [0.05, 0.1) is 17.1 Å². The molecule has 1 amide bonds. The summed E-state index contributed by atoms with van der Waals surface area (Å²) in [6, 6.07) is 22.9. The van der Waals surface area contributed by atoms with Gasteiger partial charge in [0.15, 0.2) is 5.43 Å². The topological polar surface area (TPSA) is 51.1 Å². The van der Waals surface area contributed by atoms with Crippen LogP contribution in [0.3, 0.4) is 0 Å². The van der Waals surface area contributed by atoms with Gasteiger partial charge in [-0.25, -0.2) is 0 Å². The standard InChI is InChI=1S/C24H22N2O2/c1-16-11-13-18(14-12-16)17(2)25-23(27)15-26-21-9-5-3-7-19(21)24(28)20-8-4-6-10-22(20)26/h3-14,17H,15H2,1-2H3,(H,25,27). The zero-order valence-corrected chi connectivity index (χ0v) is 16.0. The van der Waals surface area contributed by atoms with Crippen molar-refractivity contribution < 1.29 is 4.79 Å². The summed E-state index contributed by atoms with van der Waals surface area (Å²) in [5.41, 5.74) is 3.78. The highest BCUT2D eigenvalue weighted by Crippen LogP contribution is 2.19. The van der Waals surface area contributed by atoms with Gasteiger partial charge >= 0.3 is 0 Å². The van der Waals surface area contributed by atoms with E-state index in [1.165, 1.54) is 5.56 Å². The van der Waals surface area contributed by atoms with Gasteiger partial charge in [-0.05, 0) is 43.7 Å². The molecule has 0 radical (unpaired) electrons. The van der Waals surface area contributed by atoms with Crippen molar-refractivity contribution in [2.45, 2.75) is 26.4 Å². The molecule has 4 rings (SSSR count). The number of nitrogens with zero attached hydrogens (tertiary/aromatic N) is 1. The summed E-state index contributed by atoms with van der Waals surface area (Å²) >= 11 is 0. The lowest BCUT2D eigenvalue weighted by molar-refractivity contribution is -0.122. The Hall–Kier alpha value is -3.40. The Morgan fingerprint density at radius 1 is 0.893 bits per heavy atom. The summed E-state index contributed by atoms with van der Waals surface area (Å²) in [6.07, 6.45) is 0. The summed E-state index contributed by atoms with van der Waals surface area (Å²) in [5.74, 6) is -0.0907. The van der Waals surface area contributed by atoms with E-state index < -0.39 is 0 Å². The van der Waals surface area contributed by atoms with Crippen molar-refractivity contribution in [2.24, 2.45) is 0 Å². The smallest absolute Gasteiger partial charge is 0.240 e. The van der Waals surface area contributed by atoms with Gasteiger partial charge in [0.25, 0.3) is 0 Å². The molecule has 0 spiro atoms. The summed E-state index contributed by atoms with van der Waals surface area (Å²) in [6.45, 7) is 4.17. The van der Waals surface area contributed by atoms with Crippen molar-refractivity contribution >= 4 is 27.7 Å². The van der Waals surface area contributed by atoms with Crippen molar-refractivity contribution in [1.82, 2.24) is 9.88 Å². The molecule has 4 heteroatoms. The van der Waals surface area contributed by atoms with E-state index in [0.29, 0.717) is 10.8 Å². The van der Waals surface area contributed by atoms with Crippen molar-refractivity contribution in [3.63, 3.8) is 0 Å². The SMILES string of the molecule is Cc1ccc(C(C)NC(=O)Cn2c3ccccc3c(=O)c3ccccc32)cc1. The molecule has 4 aromatic rings. The molecular formula is C24H22N2O2. The van der Waals surface area contributed by atoms with Crippen LogP contribution < -0.4 is 10.7 Å². The Morgan fingerprint density at radius 2 is 1.43 bits per heavy atom. The van der Waals surface area contributed by atoms with Gasteiger partial charge in [-0.2, -0.15) is 0 Å². The van der Waals surface area contributed by atoms with Crippen LogP contribution in [0.2, 0.25) is 0 Å². The fraction of sp³-hybridized carbons (Fsp3) is 0.167. The number of carbonyl (C=O) groups excluding carboxylic acids is 1. The van der Waals surface area contributed by atoms with E-state index in [-0.39, 0.29) is 23.9 Å². The number of hydrogen-bond acceptors (Lipinski definition) is 2. The molecule has 3 aromatic carbocycles. The average molecular weight is 370 g/mol. The number of fused-ring (bicyclic) bond motifs is 2. The fourth-order valence-corrected chi connectivity index (χ4v) is 3.62. The van der Waals surface area contributed by atoms with Crippen molar-refractivity contribution in [3.8, 4) is 0 Å². The second-order valence-corrected chi connectivity index (χ2v) is 7.15. The monoisotopic (exact) mass is 370 g/mol. The van der Waals surface area contributed by atoms with Crippen LogP contribution in [0.25, 0.3) is 21.8 Å². The number of aryl methyl sites for hydroxylation is 1. The molecule has 0 saturated heterocycles. The minimum absolute atomic E-state index is 0.00381. The van der Waals surface area contributed by atoms with Gasteiger partial charge < -0.3 is 9.88 Å². The number of hydrogen-bond donors (Lipinski definition) is 1. The molecule has 0 fully saturated rings. The van der Waals surface area contributed by atoms with Crippen LogP contribution in [0.4, 0.5) is 0 Å². The Morgan fingerprint density at radius 3 is 2.00 bits per heavy atom. The normalized spacial score (nSPS) is 12.2. The van der Waals surface area contributed by atoms with Crippen LogP contribution >= 0.6 is 0 Å². The van der Waals surface area contributed by atoms with E-state index >= 15 is 0 Å². The minimum Gasteiger partial charge on any atom is -0.348 e.